The van der Waals surface area contributed by atoms with Gasteiger partial charge in [0, 0.05) is 6.54 Å². The van der Waals surface area contributed by atoms with Gasteiger partial charge in [-0.1, -0.05) is 6.07 Å². The smallest absolute Gasteiger partial charge is 0.387 e. The zero-order valence-electron chi connectivity index (χ0n) is 11.8. The predicted molar refractivity (Wildman–Crippen MR) is 70.8 cm³/mol. The van der Waals surface area contributed by atoms with Crippen molar-refractivity contribution in [2.75, 3.05) is 6.54 Å². The van der Waals surface area contributed by atoms with Crippen LogP contribution < -0.4 is 10.1 Å². The molecule has 0 radical (unpaired) electrons. The molecule has 0 aliphatic rings. The van der Waals surface area contributed by atoms with Crippen LogP contribution in [0.15, 0.2) is 18.2 Å². The minimum Gasteiger partial charge on any atom is -0.481 e. The Morgan fingerprint density at radius 3 is 2.62 bits per heavy atom. The van der Waals surface area contributed by atoms with E-state index >= 15 is 0 Å². The summed E-state index contributed by atoms with van der Waals surface area (Å²) in [7, 11) is 0. The van der Waals surface area contributed by atoms with Crippen molar-refractivity contribution in [1.82, 2.24) is 5.32 Å². The maximum absolute atomic E-state index is 13.5. The maximum Gasteiger partial charge on any atom is 0.387 e. The Bertz CT molecular complexity index is 492. The van der Waals surface area contributed by atoms with Crippen LogP contribution in [0.25, 0.3) is 0 Å². The van der Waals surface area contributed by atoms with Crippen LogP contribution in [0.1, 0.15) is 25.8 Å². The average molecular weight is 305 g/mol. The second-order valence-electron chi connectivity index (χ2n) is 5.26. The molecule has 0 atom stereocenters. The lowest BCUT2D eigenvalue weighted by Crippen LogP contribution is -2.28. The summed E-state index contributed by atoms with van der Waals surface area (Å²) in [6.07, 6.45) is 0.414. The molecule has 21 heavy (non-hydrogen) atoms. The van der Waals surface area contributed by atoms with Gasteiger partial charge in [-0.05, 0) is 44.5 Å². The number of alkyl halides is 2. The third-order valence-corrected chi connectivity index (χ3v) is 3.05. The second-order valence-corrected chi connectivity index (χ2v) is 5.26. The highest BCUT2D eigenvalue weighted by atomic mass is 19.3. The van der Waals surface area contributed by atoms with E-state index in [-0.39, 0.29) is 0 Å². The summed E-state index contributed by atoms with van der Waals surface area (Å²) in [5.41, 5.74) is -0.282. The largest absolute Gasteiger partial charge is 0.481 e. The standard InChI is InChI=1S/C14H18F3NO3/c1-14(2,12(19)20)5-6-18-8-9-3-4-11(10(15)7-9)21-13(16)17/h3-4,7,13,18H,5-6,8H2,1-2H3,(H,19,20). The van der Waals surface area contributed by atoms with Gasteiger partial charge in [-0.3, -0.25) is 4.79 Å². The van der Waals surface area contributed by atoms with Gasteiger partial charge in [-0.15, -0.1) is 0 Å². The molecule has 7 heteroatoms. The summed E-state index contributed by atoms with van der Waals surface area (Å²) in [5.74, 6) is -2.25. The number of carboxylic acid groups (broad SMARTS) is 1. The third kappa shape index (κ3) is 5.63. The Hall–Kier alpha value is -1.76. The first-order valence-corrected chi connectivity index (χ1v) is 6.40. The number of carbonyl (C=O) groups is 1. The molecule has 1 aromatic rings. The monoisotopic (exact) mass is 305 g/mol. The van der Waals surface area contributed by atoms with Gasteiger partial charge in [0.05, 0.1) is 5.41 Å². The van der Waals surface area contributed by atoms with E-state index in [4.69, 9.17) is 5.11 Å². The normalized spacial score (nSPS) is 11.7. The molecule has 0 bridgehead atoms. The molecule has 0 heterocycles. The van der Waals surface area contributed by atoms with E-state index in [0.29, 0.717) is 25.1 Å². The van der Waals surface area contributed by atoms with Gasteiger partial charge in [-0.25, -0.2) is 4.39 Å². The quantitative estimate of drug-likeness (QED) is 0.725. The van der Waals surface area contributed by atoms with Crippen molar-refractivity contribution in [2.45, 2.75) is 33.4 Å². The van der Waals surface area contributed by atoms with Gasteiger partial charge in [0.15, 0.2) is 11.6 Å². The molecule has 0 aliphatic heterocycles. The summed E-state index contributed by atoms with van der Waals surface area (Å²) < 4.78 is 41.4. The van der Waals surface area contributed by atoms with Crippen LogP contribution in [0.4, 0.5) is 13.2 Å². The van der Waals surface area contributed by atoms with Crippen molar-refractivity contribution in [2.24, 2.45) is 5.41 Å². The SMILES string of the molecule is CC(C)(CCNCc1ccc(OC(F)F)c(F)c1)C(=O)O. The lowest BCUT2D eigenvalue weighted by Gasteiger charge is -2.19. The molecule has 4 nitrogen and oxygen atoms in total. The highest BCUT2D eigenvalue weighted by Gasteiger charge is 2.26. The van der Waals surface area contributed by atoms with Gasteiger partial charge < -0.3 is 15.2 Å². The van der Waals surface area contributed by atoms with Crippen molar-refractivity contribution in [3.8, 4) is 5.75 Å². The fourth-order valence-electron chi connectivity index (χ4n) is 1.59. The maximum atomic E-state index is 13.5. The highest BCUT2D eigenvalue weighted by molar-refractivity contribution is 5.73. The van der Waals surface area contributed by atoms with Gasteiger partial charge >= 0.3 is 12.6 Å². The summed E-state index contributed by atoms with van der Waals surface area (Å²) in [4.78, 5) is 10.9. The van der Waals surface area contributed by atoms with Gasteiger partial charge in [0.2, 0.25) is 0 Å². The molecule has 0 spiro atoms. The molecule has 0 aliphatic carbocycles. The van der Waals surface area contributed by atoms with Crippen molar-refractivity contribution in [3.05, 3.63) is 29.6 Å². The fraction of sp³-hybridized carbons (Fsp3) is 0.500. The van der Waals surface area contributed by atoms with Crippen LogP contribution in [0, 0.1) is 11.2 Å². The zero-order valence-corrected chi connectivity index (χ0v) is 11.8. The number of benzene rings is 1. The summed E-state index contributed by atoms with van der Waals surface area (Å²) >= 11 is 0. The number of hydrogen-bond donors (Lipinski definition) is 2. The van der Waals surface area contributed by atoms with E-state index in [9.17, 15) is 18.0 Å². The Balaban J connectivity index is 2.46. The molecule has 118 valence electrons. The minimum absolute atomic E-state index is 0.307. The number of aliphatic carboxylic acids is 1. The highest BCUT2D eigenvalue weighted by Crippen LogP contribution is 2.21. The summed E-state index contributed by atoms with van der Waals surface area (Å²) in [6, 6.07) is 3.71. The zero-order chi connectivity index (χ0) is 16.0. The number of ether oxygens (including phenoxy) is 1. The molecule has 0 saturated heterocycles. The van der Waals surface area contributed by atoms with E-state index in [0.717, 1.165) is 12.1 Å². The molecule has 1 aromatic carbocycles. The molecule has 0 saturated carbocycles. The fourth-order valence-corrected chi connectivity index (χ4v) is 1.59. The molecule has 1 rings (SSSR count). The average Bonchev–Trinajstić information content (AvgIpc) is 2.37. The topological polar surface area (TPSA) is 58.6 Å². The van der Waals surface area contributed by atoms with Crippen molar-refractivity contribution >= 4 is 5.97 Å². The number of carboxylic acids is 1. The van der Waals surface area contributed by atoms with E-state index in [1.165, 1.54) is 6.07 Å². The van der Waals surface area contributed by atoms with Crippen LogP contribution in [0.3, 0.4) is 0 Å². The summed E-state index contributed by atoms with van der Waals surface area (Å²) in [5, 5.41) is 11.9. The first-order valence-electron chi connectivity index (χ1n) is 6.40. The van der Waals surface area contributed by atoms with Crippen LogP contribution in [0.5, 0.6) is 5.75 Å². The van der Waals surface area contributed by atoms with Crippen LogP contribution in [0.2, 0.25) is 0 Å². The molecule has 0 amide bonds. The van der Waals surface area contributed by atoms with Crippen LogP contribution in [-0.2, 0) is 11.3 Å². The number of halogens is 3. The Morgan fingerprint density at radius 2 is 2.10 bits per heavy atom. The van der Waals surface area contributed by atoms with Crippen molar-refractivity contribution in [3.63, 3.8) is 0 Å². The van der Waals surface area contributed by atoms with Crippen LogP contribution >= 0.6 is 0 Å². The minimum atomic E-state index is -3.07. The van der Waals surface area contributed by atoms with Crippen molar-refractivity contribution in [1.29, 1.82) is 0 Å². The lowest BCUT2D eigenvalue weighted by molar-refractivity contribution is -0.147. The Labute approximate surface area is 120 Å². The van der Waals surface area contributed by atoms with Gasteiger partial charge in [0.25, 0.3) is 0 Å². The number of rotatable bonds is 8. The first kappa shape index (κ1) is 17.3. The molecular formula is C14H18F3NO3. The van der Waals surface area contributed by atoms with E-state index in [2.05, 4.69) is 10.1 Å². The Morgan fingerprint density at radius 1 is 1.43 bits per heavy atom. The third-order valence-electron chi connectivity index (χ3n) is 3.05. The van der Waals surface area contributed by atoms with Gasteiger partial charge in [-0.2, -0.15) is 8.78 Å². The molecule has 0 unspecified atom stereocenters. The van der Waals surface area contributed by atoms with Crippen LogP contribution in [-0.4, -0.2) is 24.2 Å². The second kappa shape index (κ2) is 7.31. The Kier molecular flexibility index (Phi) is 6.02. The number of hydrogen-bond acceptors (Lipinski definition) is 3. The van der Waals surface area contributed by atoms with Crippen molar-refractivity contribution < 1.29 is 27.8 Å². The molecular weight excluding hydrogens is 287 g/mol. The molecule has 2 N–H and O–H groups in total. The molecule has 0 fully saturated rings. The molecule has 0 aromatic heterocycles. The van der Waals surface area contributed by atoms with Gasteiger partial charge in [0.1, 0.15) is 0 Å². The predicted octanol–water partition coefficient (Wildman–Crippen LogP) is 3.02. The van der Waals surface area contributed by atoms with E-state index in [1.54, 1.807) is 13.8 Å². The number of nitrogens with one attached hydrogen (secondary N) is 1. The van der Waals surface area contributed by atoms with E-state index in [1.807, 2.05) is 0 Å². The first-order chi connectivity index (χ1) is 9.72. The lowest BCUT2D eigenvalue weighted by atomic mass is 9.90. The van der Waals surface area contributed by atoms with E-state index < -0.39 is 29.6 Å². The summed E-state index contributed by atoms with van der Waals surface area (Å²) in [6.45, 7) is 0.916.